The maximum atomic E-state index is 12.2. The van der Waals surface area contributed by atoms with Crippen LogP contribution in [0.3, 0.4) is 0 Å². The lowest BCUT2D eigenvalue weighted by molar-refractivity contribution is 0.0660. The van der Waals surface area contributed by atoms with Gasteiger partial charge >= 0.3 is 5.97 Å². The number of nitrogens with two attached hydrogens (primary N) is 1. The predicted octanol–water partition coefficient (Wildman–Crippen LogP) is 1.98. The molecule has 0 aliphatic rings. The highest BCUT2D eigenvalue weighted by molar-refractivity contribution is 7.98. The van der Waals surface area contributed by atoms with Gasteiger partial charge < -0.3 is 20.2 Å². The Balaban J connectivity index is 1.88. The van der Waals surface area contributed by atoms with Gasteiger partial charge in [-0.3, -0.25) is 9.59 Å². The molecule has 4 N–H and O–H groups in total. The number of hydrogen-bond acceptors (Lipinski definition) is 7. The molecule has 0 saturated heterocycles. The Morgan fingerprint density at radius 2 is 2.21 bits per heavy atom. The maximum absolute atomic E-state index is 12.2. The molecule has 0 radical (unpaired) electrons. The molecule has 3 heterocycles. The summed E-state index contributed by atoms with van der Waals surface area (Å²) in [5, 5.41) is 9.51. The molecular formula is C14H11N3O5S2. The Morgan fingerprint density at radius 1 is 1.46 bits per heavy atom. The number of carbonyl (C=O) groups is 2. The lowest BCUT2D eigenvalue weighted by Gasteiger charge is -1.99. The number of thiophene rings is 1. The molecule has 3 rings (SSSR count). The highest BCUT2D eigenvalue weighted by Gasteiger charge is 2.18. The second-order valence-electron chi connectivity index (χ2n) is 4.83. The summed E-state index contributed by atoms with van der Waals surface area (Å²) in [6.07, 6.45) is 0. The minimum atomic E-state index is -1.15. The molecule has 0 aromatic carbocycles. The summed E-state index contributed by atoms with van der Waals surface area (Å²) in [6.45, 7) is 1.65. The maximum Gasteiger partial charge on any atom is 0.371 e. The Kier molecular flexibility index (Phi) is 4.16. The number of primary amides is 1. The van der Waals surface area contributed by atoms with Gasteiger partial charge in [0, 0.05) is 0 Å². The van der Waals surface area contributed by atoms with Crippen LogP contribution in [0.1, 0.15) is 31.6 Å². The topological polar surface area (TPSA) is 139 Å². The van der Waals surface area contributed by atoms with Crippen LogP contribution in [0.4, 0.5) is 0 Å². The number of carboxylic acid groups (broad SMARTS) is 1. The molecule has 0 saturated carbocycles. The normalized spacial score (nSPS) is 11.0. The van der Waals surface area contributed by atoms with E-state index in [9.17, 15) is 14.4 Å². The number of hydrogen-bond donors (Lipinski definition) is 3. The fraction of sp³-hybridized carbons (Fsp3) is 0.143. The summed E-state index contributed by atoms with van der Waals surface area (Å²) >= 11 is 2.26. The first-order valence-electron chi connectivity index (χ1n) is 6.65. The van der Waals surface area contributed by atoms with Gasteiger partial charge in [0.15, 0.2) is 5.16 Å². The van der Waals surface area contributed by atoms with Gasteiger partial charge in [-0.2, -0.15) is 0 Å². The quantitative estimate of drug-likeness (QED) is 0.464. The summed E-state index contributed by atoms with van der Waals surface area (Å²) in [5.41, 5.74) is 5.46. The minimum Gasteiger partial charge on any atom is -0.475 e. The molecular weight excluding hydrogens is 354 g/mol. The number of carbonyl (C=O) groups excluding carboxylic acids is 1. The molecule has 124 valence electrons. The van der Waals surface area contributed by atoms with Crippen LogP contribution >= 0.6 is 23.1 Å². The van der Waals surface area contributed by atoms with Crippen molar-refractivity contribution in [3.8, 4) is 0 Å². The van der Waals surface area contributed by atoms with Crippen molar-refractivity contribution in [2.45, 2.75) is 17.8 Å². The fourth-order valence-electron chi connectivity index (χ4n) is 2.14. The summed E-state index contributed by atoms with van der Waals surface area (Å²) in [4.78, 5) is 42.1. The molecule has 0 bridgehead atoms. The number of aromatic nitrogens is 2. The summed E-state index contributed by atoms with van der Waals surface area (Å²) in [7, 11) is 0. The van der Waals surface area contributed by atoms with Crippen LogP contribution in [0.25, 0.3) is 10.2 Å². The zero-order chi connectivity index (χ0) is 17.4. The summed E-state index contributed by atoms with van der Waals surface area (Å²) in [6, 6.07) is 2.91. The lowest BCUT2D eigenvalue weighted by atomic mass is 10.2. The van der Waals surface area contributed by atoms with Gasteiger partial charge in [-0.15, -0.1) is 11.3 Å². The minimum absolute atomic E-state index is 0.150. The Hall–Kier alpha value is -2.59. The monoisotopic (exact) mass is 365 g/mol. The van der Waals surface area contributed by atoms with Crippen molar-refractivity contribution in [3.05, 3.63) is 44.4 Å². The van der Waals surface area contributed by atoms with Crippen molar-refractivity contribution in [2.75, 3.05) is 0 Å². The molecule has 0 unspecified atom stereocenters. The highest BCUT2D eigenvalue weighted by Crippen LogP contribution is 2.28. The average molecular weight is 365 g/mol. The second-order valence-corrected chi connectivity index (χ2v) is 6.79. The van der Waals surface area contributed by atoms with Crippen LogP contribution in [0, 0.1) is 6.92 Å². The van der Waals surface area contributed by atoms with Gasteiger partial charge in [-0.1, -0.05) is 11.8 Å². The van der Waals surface area contributed by atoms with Crippen molar-refractivity contribution in [2.24, 2.45) is 5.73 Å². The third-order valence-corrected chi connectivity index (χ3v) is 5.32. The molecule has 24 heavy (non-hydrogen) atoms. The molecule has 0 aliphatic heterocycles. The van der Waals surface area contributed by atoms with Crippen LogP contribution in [-0.2, 0) is 5.75 Å². The summed E-state index contributed by atoms with van der Waals surface area (Å²) < 4.78 is 5.14. The van der Waals surface area contributed by atoms with Gasteiger partial charge in [-0.25, -0.2) is 9.78 Å². The molecule has 0 spiro atoms. The van der Waals surface area contributed by atoms with Gasteiger partial charge in [-0.05, 0) is 24.6 Å². The Bertz CT molecular complexity index is 1020. The van der Waals surface area contributed by atoms with E-state index < -0.39 is 11.9 Å². The fourth-order valence-corrected chi connectivity index (χ4v) is 3.98. The van der Waals surface area contributed by atoms with Crippen molar-refractivity contribution in [1.82, 2.24) is 9.97 Å². The number of amides is 1. The average Bonchev–Trinajstić information content (AvgIpc) is 3.10. The van der Waals surface area contributed by atoms with E-state index in [0.29, 0.717) is 37.3 Å². The van der Waals surface area contributed by atoms with Crippen molar-refractivity contribution >= 4 is 45.2 Å². The first-order chi connectivity index (χ1) is 11.4. The third-order valence-electron chi connectivity index (χ3n) is 3.23. The number of aromatic amines is 1. The number of aryl methyl sites for hydroxylation is 1. The molecule has 3 aromatic rings. The molecule has 0 fully saturated rings. The van der Waals surface area contributed by atoms with E-state index in [-0.39, 0.29) is 11.3 Å². The smallest absolute Gasteiger partial charge is 0.371 e. The number of thioether (sulfide) groups is 1. The van der Waals surface area contributed by atoms with E-state index in [1.165, 1.54) is 17.8 Å². The number of furan rings is 1. The first kappa shape index (κ1) is 16.3. The lowest BCUT2D eigenvalue weighted by Crippen LogP contribution is -2.11. The van der Waals surface area contributed by atoms with E-state index in [2.05, 4.69) is 9.97 Å². The van der Waals surface area contributed by atoms with Gasteiger partial charge in [0.1, 0.15) is 10.6 Å². The highest BCUT2D eigenvalue weighted by atomic mass is 32.2. The Labute approximate surface area is 142 Å². The van der Waals surface area contributed by atoms with Gasteiger partial charge in [0.2, 0.25) is 5.76 Å². The number of H-pyrrole nitrogens is 1. The number of nitrogens with zero attached hydrogens (tertiary/aromatic N) is 1. The van der Waals surface area contributed by atoms with Gasteiger partial charge in [0.25, 0.3) is 11.5 Å². The number of aromatic carboxylic acids is 1. The van der Waals surface area contributed by atoms with Crippen LogP contribution in [0.5, 0.6) is 0 Å². The molecule has 1 amide bonds. The SMILES string of the molecule is Cc1c(C(N)=O)sc2nc(SCc3ccc(C(=O)O)o3)[nH]c(=O)c12. The predicted molar refractivity (Wildman–Crippen MR) is 88.7 cm³/mol. The van der Waals surface area contributed by atoms with Crippen LogP contribution in [0.2, 0.25) is 0 Å². The molecule has 3 aromatic heterocycles. The van der Waals surface area contributed by atoms with Crippen LogP contribution in [-0.4, -0.2) is 27.0 Å². The molecule has 8 nitrogen and oxygen atoms in total. The van der Waals surface area contributed by atoms with E-state index in [1.54, 1.807) is 13.0 Å². The number of rotatable bonds is 5. The molecule has 0 atom stereocenters. The van der Waals surface area contributed by atoms with E-state index in [1.807, 2.05) is 0 Å². The standard InChI is InChI=1S/C14H11N3O5S2/c1-5-8-11(19)16-14(17-12(8)24-9(5)10(15)18)23-4-6-2-3-7(22-6)13(20)21/h2-3H,4H2,1H3,(H2,15,18)(H,20,21)(H,16,17,19). The molecule has 10 heteroatoms. The van der Waals surface area contributed by atoms with Crippen molar-refractivity contribution in [3.63, 3.8) is 0 Å². The van der Waals surface area contributed by atoms with E-state index in [4.69, 9.17) is 15.3 Å². The number of fused-ring (bicyclic) bond motifs is 1. The van der Waals surface area contributed by atoms with Crippen molar-refractivity contribution in [1.29, 1.82) is 0 Å². The zero-order valence-electron chi connectivity index (χ0n) is 12.3. The van der Waals surface area contributed by atoms with E-state index in [0.717, 1.165) is 11.3 Å². The largest absolute Gasteiger partial charge is 0.475 e. The summed E-state index contributed by atoms with van der Waals surface area (Å²) in [5.74, 6) is -1.15. The number of nitrogens with one attached hydrogen (secondary N) is 1. The third kappa shape index (κ3) is 2.93. The second kappa shape index (κ2) is 6.13. The van der Waals surface area contributed by atoms with E-state index >= 15 is 0 Å². The molecule has 0 aliphatic carbocycles. The van der Waals surface area contributed by atoms with Crippen LogP contribution < -0.4 is 11.3 Å². The van der Waals surface area contributed by atoms with Gasteiger partial charge in [0.05, 0.1) is 16.0 Å². The number of carboxylic acids is 1. The first-order valence-corrected chi connectivity index (χ1v) is 8.45. The van der Waals surface area contributed by atoms with Crippen LogP contribution in [0.15, 0.2) is 26.5 Å². The Morgan fingerprint density at radius 3 is 2.83 bits per heavy atom. The van der Waals surface area contributed by atoms with Crippen molar-refractivity contribution < 1.29 is 19.1 Å². The zero-order valence-corrected chi connectivity index (χ0v) is 13.9.